The average molecular weight is 233 g/mol. The summed E-state index contributed by atoms with van der Waals surface area (Å²) in [5.41, 5.74) is 8.72. The Morgan fingerprint density at radius 3 is 2.82 bits per heavy atom. The minimum absolute atomic E-state index is 0.0640. The molecule has 1 aromatic rings. The van der Waals surface area contributed by atoms with Gasteiger partial charge in [-0.1, -0.05) is 24.3 Å². The predicted molar refractivity (Wildman–Crippen MR) is 66.6 cm³/mol. The molecule has 0 heterocycles. The van der Waals surface area contributed by atoms with Gasteiger partial charge in [-0.05, 0) is 36.3 Å². The van der Waals surface area contributed by atoms with E-state index < -0.39 is 0 Å². The summed E-state index contributed by atoms with van der Waals surface area (Å²) in [6.45, 7) is 0. The van der Waals surface area contributed by atoms with Crippen LogP contribution >= 0.6 is 0 Å². The molecule has 17 heavy (non-hydrogen) atoms. The van der Waals surface area contributed by atoms with E-state index in [4.69, 9.17) is 5.73 Å². The van der Waals surface area contributed by atoms with Gasteiger partial charge in [0, 0.05) is 12.5 Å². The van der Waals surface area contributed by atoms with Crippen LogP contribution in [0.2, 0.25) is 0 Å². The lowest BCUT2D eigenvalue weighted by Gasteiger charge is -2.15. The largest absolute Gasteiger partial charge is 0.469 e. The van der Waals surface area contributed by atoms with E-state index in [2.05, 4.69) is 22.9 Å². The molecule has 1 fully saturated rings. The molecule has 1 aliphatic rings. The van der Waals surface area contributed by atoms with Crippen LogP contribution in [0.15, 0.2) is 24.3 Å². The van der Waals surface area contributed by atoms with Gasteiger partial charge in [0.05, 0.1) is 7.11 Å². The number of esters is 1. The van der Waals surface area contributed by atoms with Crippen LogP contribution in [0.5, 0.6) is 0 Å². The summed E-state index contributed by atoms with van der Waals surface area (Å²) in [4.78, 5) is 11.1. The number of hydrogen-bond donors (Lipinski definition) is 1. The number of carbonyl (C=O) groups is 1. The zero-order valence-electron chi connectivity index (χ0n) is 10.2. The molecule has 3 heteroatoms. The maximum absolute atomic E-state index is 11.1. The summed E-state index contributed by atoms with van der Waals surface area (Å²) in [7, 11) is 1.41. The highest BCUT2D eigenvalue weighted by Gasteiger charge is 2.27. The van der Waals surface area contributed by atoms with Crippen molar-refractivity contribution in [3.8, 4) is 0 Å². The van der Waals surface area contributed by atoms with E-state index in [9.17, 15) is 4.79 Å². The van der Waals surface area contributed by atoms with Gasteiger partial charge in [0.1, 0.15) is 0 Å². The third kappa shape index (κ3) is 3.07. The van der Waals surface area contributed by atoms with Crippen LogP contribution in [0.1, 0.15) is 48.8 Å². The van der Waals surface area contributed by atoms with Crippen LogP contribution in [0.25, 0.3) is 0 Å². The van der Waals surface area contributed by atoms with Crippen molar-refractivity contribution in [2.24, 2.45) is 5.73 Å². The Hall–Kier alpha value is -1.35. The van der Waals surface area contributed by atoms with Gasteiger partial charge in [-0.25, -0.2) is 0 Å². The number of rotatable bonds is 5. The van der Waals surface area contributed by atoms with Gasteiger partial charge in [-0.2, -0.15) is 0 Å². The van der Waals surface area contributed by atoms with E-state index in [0.717, 1.165) is 0 Å². The summed E-state index contributed by atoms with van der Waals surface area (Å²) >= 11 is 0. The maximum atomic E-state index is 11.1. The number of ether oxygens (including phenoxy) is 1. The van der Waals surface area contributed by atoms with Crippen LogP contribution in [0.4, 0.5) is 0 Å². The number of hydrogen-bond acceptors (Lipinski definition) is 3. The van der Waals surface area contributed by atoms with Crippen LogP contribution < -0.4 is 5.73 Å². The lowest BCUT2D eigenvalue weighted by molar-refractivity contribution is -0.140. The molecule has 3 nitrogen and oxygen atoms in total. The Kier molecular flexibility index (Phi) is 3.79. The zero-order valence-corrected chi connectivity index (χ0v) is 10.2. The Labute approximate surface area is 102 Å². The lowest BCUT2D eigenvalue weighted by Crippen LogP contribution is -2.14. The normalized spacial score (nSPS) is 16.6. The molecule has 1 saturated carbocycles. The molecule has 1 aliphatic carbocycles. The highest BCUT2D eigenvalue weighted by atomic mass is 16.5. The predicted octanol–water partition coefficient (Wildman–Crippen LogP) is 2.52. The minimum atomic E-state index is -0.190. The maximum Gasteiger partial charge on any atom is 0.305 e. The van der Waals surface area contributed by atoms with E-state index in [1.165, 1.54) is 31.1 Å². The Morgan fingerprint density at radius 1 is 1.47 bits per heavy atom. The molecular formula is C14H19NO2. The molecule has 2 rings (SSSR count). The second-order valence-electron chi connectivity index (χ2n) is 4.62. The standard InChI is InChI=1S/C14H19NO2/c1-17-14(16)9-8-13(15)12-5-3-2-4-11(12)10-6-7-10/h2-5,10,13H,6-9,15H2,1H3. The monoisotopic (exact) mass is 233 g/mol. The smallest absolute Gasteiger partial charge is 0.305 e. The molecule has 0 bridgehead atoms. The summed E-state index contributed by atoms with van der Waals surface area (Å²) in [5, 5.41) is 0. The van der Waals surface area contributed by atoms with Crippen molar-refractivity contribution in [2.75, 3.05) is 7.11 Å². The first-order chi connectivity index (χ1) is 8.22. The first-order valence-electron chi connectivity index (χ1n) is 6.13. The van der Waals surface area contributed by atoms with Crippen molar-refractivity contribution >= 4 is 5.97 Å². The van der Waals surface area contributed by atoms with Gasteiger partial charge < -0.3 is 10.5 Å². The quantitative estimate of drug-likeness (QED) is 0.795. The average Bonchev–Trinajstić information content (AvgIpc) is 3.19. The van der Waals surface area contributed by atoms with Gasteiger partial charge in [0.25, 0.3) is 0 Å². The summed E-state index contributed by atoms with van der Waals surface area (Å²) in [5.74, 6) is 0.500. The molecule has 0 saturated heterocycles. The number of methoxy groups -OCH3 is 1. The molecule has 0 spiro atoms. The Balaban J connectivity index is 2.02. The fraction of sp³-hybridized carbons (Fsp3) is 0.500. The minimum Gasteiger partial charge on any atom is -0.469 e. The molecule has 0 aromatic heterocycles. The second-order valence-corrected chi connectivity index (χ2v) is 4.62. The van der Waals surface area contributed by atoms with Crippen molar-refractivity contribution in [2.45, 2.75) is 37.6 Å². The highest BCUT2D eigenvalue weighted by molar-refractivity contribution is 5.69. The van der Waals surface area contributed by atoms with Crippen LogP contribution in [-0.2, 0) is 9.53 Å². The van der Waals surface area contributed by atoms with Gasteiger partial charge in [0.2, 0.25) is 0 Å². The van der Waals surface area contributed by atoms with Gasteiger partial charge in [-0.3, -0.25) is 4.79 Å². The summed E-state index contributed by atoms with van der Waals surface area (Å²) < 4.78 is 4.63. The zero-order chi connectivity index (χ0) is 12.3. The summed E-state index contributed by atoms with van der Waals surface area (Å²) in [6, 6.07) is 8.25. The topological polar surface area (TPSA) is 52.3 Å². The van der Waals surface area contributed by atoms with Crippen molar-refractivity contribution in [1.29, 1.82) is 0 Å². The molecule has 0 radical (unpaired) electrons. The molecule has 2 N–H and O–H groups in total. The highest BCUT2D eigenvalue weighted by Crippen LogP contribution is 2.43. The molecule has 92 valence electrons. The fourth-order valence-electron chi connectivity index (χ4n) is 2.15. The van der Waals surface area contributed by atoms with Crippen molar-refractivity contribution in [3.63, 3.8) is 0 Å². The Bertz CT molecular complexity index is 399. The van der Waals surface area contributed by atoms with E-state index in [1.54, 1.807) is 0 Å². The van der Waals surface area contributed by atoms with E-state index >= 15 is 0 Å². The first-order valence-corrected chi connectivity index (χ1v) is 6.13. The SMILES string of the molecule is COC(=O)CCC(N)c1ccccc1C1CC1. The lowest BCUT2D eigenvalue weighted by atomic mass is 9.95. The first kappa shape index (κ1) is 12.1. The number of carbonyl (C=O) groups excluding carboxylic acids is 1. The Morgan fingerprint density at radius 2 is 2.18 bits per heavy atom. The van der Waals surface area contributed by atoms with Gasteiger partial charge in [0.15, 0.2) is 0 Å². The van der Waals surface area contributed by atoms with Crippen LogP contribution in [-0.4, -0.2) is 13.1 Å². The van der Waals surface area contributed by atoms with Crippen molar-refractivity contribution < 1.29 is 9.53 Å². The van der Waals surface area contributed by atoms with Crippen LogP contribution in [0, 0.1) is 0 Å². The van der Waals surface area contributed by atoms with E-state index in [0.29, 0.717) is 18.8 Å². The van der Waals surface area contributed by atoms with E-state index in [1.807, 2.05) is 6.07 Å². The molecule has 0 amide bonds. The van der Waals surface area contributed by atoms with Crippen molar-refractivity contribution in [3.05, 3.63) is 35.4 Å². The third-order valence-corrected chi connectivity index (χ3v) is 3.30. The van der Waals surface area contributed by atoms with Gasteiger partial charge >= 0.3 is 5.97 Å². The molecule has 1 unspecified atom stereocenters. The van der Waals surface area contributed by atoms with Crippen molar-refractivity contribution in [1.82, 2.24) is 0 Å². The molecule has 1 atom stereocenters. The van der Waals surface area contributed by atoms with Gasteiger partial charge in [-0.15, -0.1) is 0 Å². The second kappa shape index (κ2) is 5.32. The third-order valence-electron chi connectivity index (χ3n) is 3.30. The fourth-order valence-corrected chi connectivity index (χ4v) is 2.15. The molecule has 1 aromatic carbocycles. The number of benzene rings is 1. The van der Waals surface area contributed by atoms with E-state index in [-0.39, 0.29) is 12.0 Å². The molecule has 0 aliphatic heterocycles. The molecular weight excluding hydrogens is 214 g/mol. The van der Waals surface area contributed by atoms with Crippen LogP contribution in [0.3, 0.4) is 0 Å². The number of nitrogens with two attached hydrogens (primary N) is 1. The summed E-state index contributed by atoms with van der Waals surface area (Å²) in [6.07, 6.45) is 3.56.